The van der Waals surface area contributed by atoms with E-state index in [0.717, 1.165) is 11.0 Å². The van der Waals surface area contributed by atoms with Gasteiger partial charge in [-0.1, -0.05) is 12.8 Å². The molecule has 0 atom stereocenters. The summed E-state index contributed by atoms with van der Waals surface area (Å²) in [5.41, 5.74) is 0. The van der Waals surface area contributed by atoms with Gasteiger partial charge in [0.1, 0.15) is 0 Å². The molecule has 0 aromatic carbocycles. The minimum Gasteiger partial charge on any atom is -0.354 e. The molecule has 1 rings (SSSR count). The van der Waals surface area contributed by atoms with Crippen molar-refractivity contribution in [1.82, 2.24) is 9.97 Å². The highest BCUT2D eigenvalue weighted by Crippen LogP contribution is 2.08. The molecule has 5 heteroatoms. The van der Waals surface area contributed by atoms with E-state index in [1.165, 1.54) is 31.4 Å². The van der Waals surface area contributed by atoms with Crippen LogP contribution in [0.1, 0.15) is 25.7 Å². The standard InChI is InChI=1S/C11H18BrN3S/c1-16-7-5-3-2-4-6-13-11-14-8-10(12)9-15-11/h8-9H,2-7H2,1H3,(H,13,14,15). The van der Waals surface area contributed by atoms with Crippen molar-refractivity contribution in [3.63, 3.8) is 0 Å². The number of hydrogen-bond donors (Lipinski definition) is 1. The van der Waals surface area contributed by atoms with Crippen LogP contribution in [0.25, 0.3) is 0 Å². The lowest BCUT2D eigenvalue weighted by Gasteiger charge is -2.04. The molecule has 1 aromatic heterocycles. The molecule has 90 valence electrons. The largest absolute Gasteiger partial charge is 0.354 e. The summed E-state index contributed by atoms with van der Waals surface area (Å²) >= 11 is 5.23. The second-order valence-electron chi connectivity index (χ2n) is 3.56. The van der Waals surface area contributed by atoms with E-state index in [1.807, 2.05) is 11.8 Å². The number of halogens is 1. The zero-order valence-electron chi connectivity index (χ0n) is 9.58. The maximum absolute atomic E-state index is 4.15. The van der Waals surface area contributed by atoms with Gasteiger partial charge in [-0.2, -0.15) is 11.8 Å². The predicted molar refractivity (Wildman–Crippen MR) is 75.1 cm³/mol. The molecular formula is C11H18BrN3S. The lowest BCUT2D eigenvalue weighted by molar-refractivity contribution is 0.687. The summed E-state index contributed by atoms with van der Waals surface area (Å²) in [4.78, 5) is 8.31. The summed E-state index contributed by atoms with van der Waals surface area (Å²) in [6.07, 6.45) is 10.8. The third-order valence-corrected chi connectivity index (χ3v) is 3.29. The molecule has 0 spiro atoms. The number of hydrogen-bond acceptors (Lipinski definition) is 4. The number of unbranched alkanes of at least 4 members (excludes halogenated alkanes) is 3. The van der Waals surface area contributed by atoms with E-state index < -0.39 is 0 Å². The molecule has 1 heterocycles. The predicted octanol–water partition coefficient (Wildman–Crippen LogP) is 3.57. The van der Waals surface area contributed by atoms with Gasteiger partial charge in [0.05, 0.1) is 4.47 Å². The number of nitrogens with zero attached hydrogens (tertiary/aromatic N) is 2. The Morgan fingerprint density at radius 1 is 1.19 bits per heavy atom. The van der Waals surface area contributed by atoms with Crippen molar-refractivity contribution in [3.8, 4) is 0 Å². The number of thioether (sulfide) groups is 1. The minimum atomic E-state index is 0.715. The van der Waals surface area contributed by atoms with Crippen LogP contribution in [0.15, 0.2) is 16.9 Å². The first kappa shape index (κ1) is 13.8. The first-order valence-corrected chi connectivity index (χ1v) is 7.72. The van der Waals surface area contributed by atoms with Crippen molar-refractivity contribution < 1.29 is 0 Å². The average molecular weight is 304 g/mol. The van der Waals surface area contributed by atoms with Gasteiger partial charge in [-0.05, 0) is 40.8 Å². The molecule has 0 radical (unpaired) electrons. The Hall–Kier alpha value is -0.290. The third kappa shape index (κ3) is 6.33. The van der Waals surface area contributed by atoms with Crippen molar-refractivity contribution in [1.29, 1.82) is 0 Å². The van der Waals surface area contributed by atoms with Gasteiger partial charge in [0.25, 0.3) is 0 Å². The summed E-state index contributed by atoms with van der Waals surface area (Å²) in [5.74, 6) is 2.00. The SMILES string of the molecule is CSCCCCCCNc1ncc(Br)cn1. The lowest BCUT2D eigenvalue weighted by Crippen LogP contribution is -2.04. The van der Waals surface area contributed by atoms with Gasteiger partial charge in [0.2, 0.25) is 5.95 Å². The normalized spacial score (nSPS) is 10.4. The molecule has 0 saturated carbocycles. The molecule has 0 amide bonds. The van der Waals surface area contributed by atoms with Crippen molar-refractivity contribution in [2.75, 3.05) is 23.9 Å². The van der Waals surface area contributed by atoms with Crippen LogP contribution in [0, 0.1) is 0 Å². The highest BCUT2D eigenvalue weighted by Gasteiger charge is 1.95. The van der Waals surface area contributed by atoms with Crippen LogP contribution in [0.2, 0.25) is 0 Å². The molecule has 16 heavy (non-hydrogen) atoms. The van der Waals surface area contributed by atoms with E-state index in [-0.39, 0.29) is 0 Å². The second kappa shape index (κ2) is 8.82. The van der Waals surface area contributed by atoms with Gasteiger partial charge in [-0.3, -0.25) is 0 Å². The molecule has 0 unspecified atom stereocenters. The van der Waals surface area contributed by atoms with Crippen molar-refractivity contribution in [3.05, 3.63) is 16.9 Å². The Labute approximate surface area is 110 Å². The Kier molecular flexibility index (Phi) is 7.59. The molecule has 0 saturated heterocycles. The number of rotatable bonds is 8. The number of nitrogens with one attached hydrogen (secondary N) is 1. The highest BCUT2D eigenvalue weighted by molar-refractivity contribution is 9.10. The molecule has 3 nitrogen and oxygen atoms in total. The van der Waals surface area contributed by atoms with E-state index in [9.17, 15) is 0 Å². The fraction of sp³-hybridized carbons (Fsp3) is 0.636. The van der Waals surface area contributed by atoms with Crippen molar-refractivity contribution >= 4 is 33.6 Å². The fourth-order valence-corrected chi connectivity index (χ4v) is 2.03. The van der Waals surface area contributed by atoms with Gasteiger partial charge in [-0.25, -0.2) is 9.97 Å². The zero-order valence-corrected chi connectivity index (χ0v) is 12.0. The lowest BCUT2D eigenvalue weighted by atomic mass is 10.2. The van der Waals surface area contributed by atoms with Crippen LogP contribution in [0.5, 0.6) is 0 Å². The zero-order chi connectivity index (χ0) is 11.6. The Balaban J connectivity index is 2.01. The van der Waals surface area contributed by atoms with Gasteiger partial charge in [0, 0.05) is 18.9 Å². The number of anilines is 1. The third-order valence-electron chi connectivity index (χ3n) is 2.18. The monoisotopic (exact) mass is 303 g/mol. The number of aromatic nitrogens is 2. The smallest absolute Gasteiger partial charge is 0.222 e. The van der Waals surface area contributed by atoms with Crippen LogP contribution in [-0.2, 0) is 0 Å². The van der Waals surface area contributed by atoms with Crippen LogP contribution in [0.3, 0.4) is 0 Å². The van der Waals surface area contributed by atoms with Gasteiger partial charge < -0.3 is 5.32 Å². The van der Waals surface area contributed by atoms with Crippen LogP contribution < -0.4 is 5.32 Å². The average Bonchev–Trinajstić information content (AvgIpc) is 2.30. The maximum Gasteiger partial charge on any atom is 0.222 e. The first-order valence-electron chi connectivity index (χ1n) is 5.53. The second-order valence-corrected chi connectivity index (χ2v) is 5.46. The summed E-state index contributed by atoms with van der Waals surface area (Å²) in [6, 6.07) is 0. The van der Waals surface area contributed by atoms with Crippen LogP contribution >= 0.6 is 27.7 Å². The minimum absolute atomic E-state index is 0.715. The summed E-state index contributed by atoms with van der Waals surface area (Å²) in [5, 5.41) is 3.21. The molecular weight excluding hydrogens is 286 g/mol. The Morgan fingerprint density at radius 3 is 2.56 bits per heavy atom. The Morgan fingerprint density at radius 2 is 1.88 bits per heavy atom. The van der Waals surface area contributed by atoms with E-state index in [0.29, 0.717) is 5.95 Å². The first-order chi connectivity index (χ1) is 7.83. The van der Waals surface area contributed by atoms with Gasteiger partial charge in [0.15, 0.2) is 0 Å². The van der Waals surface area contributed by atoms with Crippen LogP contribution in [-0.4, -0.2) is 28.5 Å². The fourth-order valence-electron chi connectivity index (χ4n) is 1.33. The van der Waals surface area contributed by atoms with E-state index in [1.54, 1.807) is 12.4 Å². The van der Waals surface area contributed by atoms with Crippen molar-refractivity contribution in [2.45, 2.75) is 25.7 Å². The Bertz CT molecular complexity index is 279. The summed E-state index contributed by atoms with van der Waals surface area (Å²) in [7, 11) is 0. The van der Waals surface area contributed by atoms with Crippen LogP contribution in [0.4, 0.5) is 5.95 Å². The van der Waals surface area contributed by atoms with E-state index in [4.69, 9.17) is 0 Å². The molecule has 0 fully saturated rings. The molecule has 1 aromatic rings. The molecule has 0 aliphatic heterocycles. The molecule has 0 aliphatic carbocycles. The highest BCUT2D eigenvalue weighted by atomic mass is 79.9. The summed E-state index contributed by atoms with van der Waals surface area (Å²) < 4.78 is 0.912. The molecule has 0 aliphatic rings. The molecule has 0 bridgehead atoms. The van der Waals surface area contributed by atoms with Crippen molar-refractivity contribution in [2.24, 2.45) is 0 Å². The van der Waals surface area contributed by atoms with Gasteiger partial charge in [-0.15, -0.1) is 0 Å². The van der Waals surface area contributed by atoms with E-state index in [2.05, 4.69) is 37.5 Å². The maximum atomic E-state index is 4.15. The molecule has 1 N–H and O–H groups in total. The topological polar surface area (TPSA) is 37.8 Å². The summed E-state index contributed by atoms with van der Waals surface area (Å²) in [6.45, 7) is 0.959. The quantitative estimate of drug-likeness (QED) is 0.745. The van der Waals surface area contributed by atoms with E-state index >= 15 is 0 Å². The van der Waals surface area contributed by atoms with Gasteiger partial charge >= 0.3 is 0 Å².